The molecule has 2 amide bonds. The average molecular weight is 539 g/mol. The van der Waals surface area contributed by atoms with Crippen LogP contribution in [0.5, 0.6) is 0 Å². The molecule has 8 heteroatoms. The van der Waals surface area contributed by atoms with Crippen LogP contribution in [0.15, 0.2) is 66.7 Å². The molecule has 0 spiro atoms. The molecule has 7 nitrogen and oxygen atoms in total. The van der Waals surface area contributed by atoms with Gasteiger partial charge in [0.1, 0.15) is 6.07 Å². The maximum atomic E-state index is 17.7. The van der Waals surface area contributed by atoms with Gasteiger partial charge >= 0.3 is 0 Å². The zero-order valence-corrected chi connectivity index (χ0v) is 22.6. The molecule has 1 atom stereocenters. The van der Waals surface area contributed by atoms with Crippen LogP contribution >= 0.6 is 0 Å². The van der Waals surface area contributed by atoms with E-state index in [1.54, 1.807) is 60.5 Å². The Morgan fingerprint density at radius 2 is 1.70 bits per heavy atom. The number of anilines is 3. The lowest BCUT2D eigenvalue weighted by Gasteiger charge is -2.42. The summed E-state index contributed by atoms with van der Waals surface area (Å²) >= 11 is 0. The van der Waals surface area contributed by atoms with E-state index in [1.807, 2.05) is 25.1 Å². The van der Waals surface area contributed by atoms with Crippen LogP contribution in [0.1, 0.15) is 46.8 Å². The Morgan fingerprint density at radius 1 is 1.02 bits per heavy atom. The summed E-state index contributed by atoms with van der Waals surface area (Å²) in [6.45, 7) is 3.73. The third kappa shape index (κ3) is 4.04. The topological polar surface area (TPSA) is 85.7 Å². The van der Waals surface area contributed by atoms with E-state index in [1.165, 1.54) is 0 Å². The van der Waals surface area contributed by atoms with Gasteiger partial charge in [-0.05, 0) is 50.1 Å². The van der Waals surface area contributed by atoms with Crippen molar-refractivity contribution in [1.29, 1.82) is 5.26 Å². The first kappa shape index (κ1) is 26.0. The Bertz CT molecular complexity index is 1540. The van der Waals surface area contributed by atoms with Gasteiger partial charge in [0.2, 0.25) is 5.91 Å². The van der Waals surface area contributed by atoms with Crippen molar-refractivity contribution in [3.8, 4) is 6.07 Å². The van der Waals surface area contributed by atoms with Gasteiger partial charge in [0.15, 0.2) is 5.67 Å². The third-order valence-electron chi connectivity index (χ3n) is 8.67. The van der Waals surface area contributed by atoms with Crippen LogP contribution in [-0.2, 0) is 15.2 Å². The molecule has 0 bridgehead atoms. The number of piperidine rings is 1. The molecule has 3 aliphatic heterocycles. The van der Waals surface area contributed by atoms with Crippen molar-refractivity contribution in [2.24, 2.45) is 11.3 Å². The number of ether oxygens (including phenoxy) is 1. The number of rotatable bonds is 4. The van der Waals surface area contributed by atoms with Gasteiger partial charge in [0, 0.05) is 48.4 Å². The molecule has 1 unspecified atom stereocenters. The molecule has 0 aromatic heterocycles. The zero-order valence-electron chi connectivity index (χ0n) is 22.6. The second-order valence-electron chi connectivity index (χ2n) is 11.3. The molecule has 1 N–H and O–H groups in total. The minimum Gasteiger partial charge on any atom is -0.379 e. The highest BCUT2D eigenvalue weighted by atomic mass is 19.1. The van der Waals surface area contributed by atoms with Gasteiger partial charge in [-0.25, -0.2) is 4.39 Å². The van der Waals surface area contributed by atoms with E-state index in [2.05, 4.69) is 16.3 Å². The van der Waals surface area contributed by atoms with Crippen molar-refractivity contribution < 1.29 is 18.7 Å². The standard InChI is InChI=1S/C32H31FN4O3/c1-31(19-40-20-31)30(39)35-23-11-12-27(21(17-23)18-34)37-15-13-22(14-16-37)32(33)25-8-4-3-7-24(25)29(38)36(2)28-10-6-5-9-26(28)32/h3-12,17,22H,13-16,19-20H2,1-2H3,(H,35,39). The normalized spacial score (nSPS) is 21.9. The minimum absolute atomic E-state index is 0.127. The van der Waals surface area contributed by atoms with Gasteiger partial charge in [-0.3, -0.25) is 9.59 Å². The first-order chi connectivity index (χ1) is 19.3. The molecule has 2 saturated heterocycles. The van der Waals surface area contributed by atoms with Crippen LogP contribution < -0.4 is 15.1 Å². The quantitative estimate of drug-likeness (QED) is 0.490. The van der Waals surface area contributed by atoms with Crippen LogP contribution in [0.3, 0.4) is 0 Å². The number of fused-ring (bicyclic) bond motifs is 2. The summed E-state index contributed by atoms with van der Waals surface area (Å²) in [6, 6.07) is 21.9. The van der Waals surface area contributed by atoms with Crippen molar-refractivity contribution in [2.75, 3.05) is 48.5 Å². The third-order valence-corrected chi connectivity index (χ3v) is 8.67. The van der Waals surface area contributed by atoms with Gasteiger partial charge < -0.3 is 19.9 Å². The monoisotopic (exact) mass is 538 g/mol. The van der Waals surface area contributed by atoms with Gasteiger partial charge in [-0.15, -0.1) is 0 Å². The highest BCUT2D eigenvalue weighted by Crippen LogP contribution is 2.51. The molecule has 0 radical (unpaired) electrons. The molecule has 3 aliphatic rings. The second kappa shape index (κ2) is 9.76. The van der Waals surface area contributed by atoms with Gasteiger partial charge in [-0.1, -0.05) is 36.4 Å². The number of carbonyl (C=O) groups is 2. The summed E-state index contributed by atoms with van der Waals surface area (Å²) in [6.07, 6.45) is 1.08. The molecule has 40 heavy (non-hydrogen) atoms. The summed E-state index contributed by atoms with van der Waals surface area (Å²) in [4.78, 5) is 29.6. The van der Waals surface area contributed by atoms with Crippen LogP contribution in [0.25, 0.3) is 0 Å². The smallest absolute Gasteiger partial charge is 0.258 e. The Morgan fingerprint density at radius 3 is 2.38 bits per heavy atom. The van der Waals surface area contributed by atoms with Crippen molar-refractivity contribution in [3.05, 3.63) is 89.0 Å². The number of benzene rings is 3. The molecule has 0 aliphatic carbocycles. The molecule has 0 saturated carbocycles. The molecule has 3 heterocycles. The van der Waals surface area contributed by atoms with Crippen LogP contribution in [0, 0.1) is 22.7 Å². The predicted molar refractivity (Wildman–Crippen MR) is 151 cm³/mol. The number of para-hydroxylation sites is 1. The molecule has 6 rings (SSSR count). The maximum absolute atomic E-state index is 17.7. The number of alkyl halides is 1. The lowest BCUT2D eigenvalue weighted by Crippen LogP contribution is -2.49. The van der Waals surface area contributed by atoms with Gasteiger partial charge in [0.25, 0.3) is 5.91 Å². The number of nitriles is 1. The highest BCUT2D eigenvalue weighted by molar-refractivity contribution is 6.08. The Kier molecular flexibility index (Phi) is 6.35. The van der Waals surface area contributed by atoms with Crippen molar-refractivity contribution in [2.45, 2.75) is 25.4 Å². The Hall–Kier alpha value is -4.22. The summed E-state index contributed by atoms with van der Waals surface area (Å²) in [5, 5.41) is 12.8. The Labute approximate surface area is 233 Å². The number of carbonyl (C=O) groups excluding carboxylic acids is 2. The van der Waals surface area contributed by atoms with Crippen LogP contribution in [0.4, 0.5) is 21.5 Å². The van der Waals surface area contributed by atoms with E-state index in [0.29, 0.717) is 72.8 Å². The predicted octanol–water partition coefficient (Wildman–Crippen LogP) is 5.25. The van der Waals surface area contributed by atoms with Crippen molar-refractivity contribution in [1.82, 2.24) is 0 Å². The van der Waals surface area contributed by atoms with E-state index >= 15 is 4.39 Å². The van der Waals surface area contributed by atoms with E-state index in [0.717, 1.165) is 5.69 Å². The van der Waals surface area contributed by atoms with Gasteiger partial charge in [-0.2, -0.15) is 5.26 Å². The fraction of sp³-hybridized carbons (Fsp3) is 0.344. The van der Waals surface area contributed by atoms with E-state index < -0.39 is 11.1 Å². The number of nitrogens with one attached hydrogen (secondary N) is 1. The molecular weight excluding hydrogens is 507 g/mol. The Balaban J connectivity index is 1.27. The van der Waals surface area contributed by atoms with Gasteiger partial charge in [0.05, 0.1) is 35.6 Å². The summed E-state index contributed by atoms with van der Waals surface area (Å²) in [5.74, 6) is -0.706. The molecule has 3 aromatic rings. The zero-order chi connectivity index (χ0) is 28.1. The largest absolute Gasteiger partial charge is 0.379 e. The maximum Gasteiger partial charge on any atom is 0.258 e. The lowest BCUT2D eigenvalue weighted by molar-refractivity contribution is -0.151. The molecule has 204 valence electrons. The van der Waals surface area contributed by atoms with E-state index in [9.17, 15) is 14.9 Å². The minimum atomic E-state index is -1.84. The SMILES string of the molecule is CN1C(=O)c2ccccc2C(F)(C2CCN(c3ccc(NC(=O)C4(C)COC4)cc3C#N)CC2)c2ccccc21. The fourth-order valence-electron chi connectivity index (χ4n) is 6.25. The lowest BCUT2D eigenvalue weighted by atomic mass is 9.72. The number of hydrogen-bond acceptors (Lipinski definition) is 5. The summed E-state index contributed by atoms with van der Waals surface area (Å²) in [5.41, 5.74) is 1.29. The number of amides is 2. The number of halogens is 1. The number of nitrogens with zero attached hydrogens (tertiary/aromatic N) is 3. The first-order valence-corrected chi connectivity index (χ1v) is 13.6. The van der Waals surface area contributed by atoms with Crippen LogP contribution in [-0.4, -0.2) is 45.2 Å². The average Bonchev–Trinajstić information content (AvgIpc) is 3.05. The number of hydrogen-bond donors (Lipinski definition) is 1. The van der Waals surface area contributed by atoms with Crippen LogP contribution in [0.2, 0.25) is 0 Å². The van der Waals surface area contributed by atoms with Crippen molar-refractivity contribution >= 4 is 28.9 Å². The second-order valence-corrected chi connectivity index (χ2v) is 11.3. The molecular formula is C32H31FN4O3. The molecule has 2 fully saturated rings. The van der Waals surface area contributed by atoms with Crippen molar-refractivity contribution in [3.63, 3.8) is 0 Å². The van der Waals surface area contributed by atoms with E-state index in [-0.39, 0.29) is 17.7 Å². The summed E-state index contributed by atoms with van der Waals surface area (Å²) < 4.78 is 22.9. The highest BCUT2D eigenvalue weighted by Gasteiger charge is 2.49. The molecule has 3 aromatic carbocycles. The summed E-state index contributed by atoms with van der Waals surface area (Å²) in [7, 11) is 1.70. The first-order valence-electron chi connectivity index (χ1n) is 13.6. The van der Waals surface area contributed by atoms with E-state index in [4.69, 9.17) is 4.74 Å². The fourth-order valence-corrected chi connectivity index (χ4v) is 6.25.